The number of esters is 1. The second kappa shape index (κ2) is 10.5. The number of rotatable bonds is 10. The highest BCUT2D eigenvalue weighted by atomic mass is 16.5. The third kappa shape index (κ3) is 13.3. The minimum absolute atomic E-state index is 0.138. The van der Waals surface area contributed by atoms with Gasteiger partial charge in [0.1, 0.15) is 0 Å². The summed E-state index contributed by atoms with van der Waals surface area (Å²) in [6.07, 6.45) is 1.38. The summed E-state index contributed by atoms with van der Waals surface area (Å²) in [6, 6.07) is 0. The van der Waals surface area contributed by atoms with Crippen molar-refractivity contribution in [2.45, 2.75) is 46.6 Å². The predicted octanol–water partition coefficient (Wildman–Crippen LogP) is 2.41. The monoisotopic (exact) mass is 246 g/mol. The first-order chi connectivity index (χ1) is 8.02. The molecule has 0 aliphatic carbocycles. The van der Waals surface area contributed by atoms with Crippen molar-refractivity contribution in [2.24, 2.45) is 5.92 Å². The molecule has 0 amide bonds. The molecule has 0 aliphatic rings. The summed E-state index contributed by atoms with van der Waals surface area (Å²) in [5, 5.41) is 0. The third-order valence-corrected chi connectivity index (χ3v) is 1.93. The molecule has 0 unspecified atom stereocenters. The molecular formula is C13H26O4. The fourth-order valence-electron chi connectivity index (χ4n) is 1.10. The zero-order chi connectivity index (χ0) is 13.1. The first kappa shape index (κ1) is 16.4. The average molecular weight is 246 g/mol. The van der Waals surface area contributed by atoms with E-state index in [9.17, 15) is 4.79 Å². The molecule has 0 rings (SSSR count). The lowest BCUT2D eigenvalue weighted by molar-refractivity contribution is -0.145. The van der Waals surface area contributed by atoms with Crippen molar-refractivity contribution in [2.75, 3.05) is 26.4 Å². The number of ether oxygens (including phenoxy) is 3. The Morgan fingerprint density at radius 1 is 1.06 bits per heavy atom. The van der Waals surface area contributed by atoms with Crippen molar-refractivity contribution in [1.82, 2.24) is 0 Å². The molecule has 0 aromatic heterocycles. The standard InChI is InChI=1S/C13H26O4/c1-11(2)10-17-13(14)6-5-7-15-8-9-16-12(3)4/h11-12H,5-10H2,1-4H3. The van der Waals surface area contributed by atoms with Crippen LogP contribution in [0.5, 0.6) is 0 Å². The van der Waals surface area contributed by atoms with Crippen molar-refractivity contribution in [1.29, 1.82) is 0 Å². The molecule has 0 saturated heterocycles. The third-order valence-electron chi connectivity index (χ3n) is 1.93. The Morgan fingerprint density at radius 2 is 1.76 bits per heavy atom. The van der Waals surface area contributed by atoms with Crippen LogP contribution in [0, 0.1) is 5.92 Å². The van der Waals surface area contributed by atoms with Gasteiger partial charge in [-0.2, -0.15) is 0 Å². The first-order valence-electron chi connectivity index (χ1n) is 6.37. The fraction of sp³-hybridized carbons (Fsp3) is 0.923. The molecule has 0 N–H and O–H groups in total. The Balaban J connectivity index is 3.19. The van der Waals surface area contributed by atoms with Gasteiger partial charge >= 0.3 is 5.97 Å². The van der Waals surface area contributed by atoms with Crippen molar-refractivity contribution in [3.63, 3.8) is 0 Å². The molecule has 0 aromatic rings. The van der Waals surface area contributed by atoms with Crippen LogP contribution in [-0.4, -0.2) is 38.5 Å². The van der Waals surface area contributed by atoms with Gasteiger partial charge in [-0.05, 0) is 26.2 Å². The molecule has 0 heterocycles. The van der Waals surface area contributed by atoms with Gasteiger partial charge in [0.2, 0.25) is 0 Å². The number of carbonyl (C=O) groups excluding carboxylic acids is 1. The van der Waals surface area contributed by atoms with E-state index in [0.29, 0.717) is 45.2 Å². The van der Waals surface area contributed by atoms with Crippen molar-refractivity contribution in [3.8, 4) is 0 Å². The van der Waals surface area contributed by atoms with E-state index >= 15 is 0 Å². The van der Waals surface area contributed by atoms with E-state index in [2.05, 4.69) is 0 Å². The van der Waals surface area contributed by atoms with Crippen molar-refractivity contribution >= 4 is 5.97 Å². The van der Waals surface area contributed by atoms with Gasteiger partial charge in [0, 0.05) is 13.0 Å². The minimum atomic E-state index is -0.138. The maximum atomic E-state index is 11.2. The van der Waals surface area contributed by atoms with Crippen molar-refractivity contribution < 1.29 is 19.0 Å². The zero-order valence-corrected chi connectivity index (χ0v) is 11.5. The van der Waals surface area contributed by atoms with Gasteiger partial charge in [-0.3, -0.25) is 4.79 Å². The quantitative estimate of drug-likeness (QED) is 0.438. The smallest absolute Gasteiger partial charge is 0.305 e. The van der Waals surface area contributed by atoms with Crippen LogP contribution in [0.15, 0.2) is 0 Å². The summed E-state index contributed by atoms with van der Waals surface area (Å²) in [7, 11) is 0. The van der Waals surface area contributed by atoms with E-state index in [1.54, 1.807) is 0 Å². The Bertz CT molecular complexity index is 190. The zero-order valence-electron chi connectivity index (χ0n) is 11.5. The van der Waals surface area contributed by atoms with E-state index in [0.717, 1.165) is 0 Å². The molecule has 0 spiro atoms. The molecule has 0 aliphatic heterocycles. The van der Waals surface area contributed by atoms with Gasteiger partial charge in [-0.15, -0.1) is 0 Å². The second-order valence-corrected chi connectivity index (χ2v) is 4.71. The van der Waals surface area contributed by atoms with Gasteiger partial charge in [-0.25, -0.2) is 0 Å². The van der Waals surface area contributed by atoms with Gasteiger partial charge < -0.3 is 14.2 Å². The van der Waals surface area contributed by atoms with Gasteiger partial charge in [0.15, 0.2) is 0 Å². The Morgan fingerprint density at radius 3 is 2.35 bits per heavy atom. The second-order valence-electron chi connectivity index (χ2n) is 4.71. The van der Waals surface area contributed by atoms with Crippen LogP contribution in [0.1, 0.15) is 40.5 Å². The first-order valence-corrected chi connectivity index (χ1v) is 6.37. The van der Waals surface area contributed by atoms with E-state index < -0.39 is 0 Å². The van der Waals surface area contributed by atoms with Crippen LogP contribution in [0.4, 0.5) is 0 Å². The lowest BCUT2D eigenvalue weighted by atomic mass is 10.2. The van der Waals surface area contributed by atoms with Gasteiger partial charge in [-0.1, -0.05) is 13.8 Å². The van der Waals surface area contributed by atoms with Crippen LogP contribution < -0.4 is 0 Å². The minimum Gasteiger partial charge on any atom is -0.465 e. The van der Waals surface area contributed by atoms with E-state index in [1.165, 1.54) is 0 Å². The maximum Gasteiger partial charge on any atom is 0.305 e. The van der Waals surface area contributed by atoms with Crippen LogP contribution >= 0.6 is 0 Å². The SMILES string of the molecule is CC(C)COC(=O)CCCOCCOC(C)C. The molecule has 0 radical (unpaired) electrons. The summed E-state index contributed by atoms with van der Waals surface area (Å²) >= 11 is 0. The summed E-state index contributed by atoms with van der Waals surface area (Å²) in [5.74, 6) is 0.254. The molecule has 102 valence electrons. The molecule has 4 heteroatoms. The number of carbonyl (C=O) groups is 1. The van der Waals surface area contributed by atoms with Gasteiger partial charge in [0.05, 0.1) is 25.9 Å². The number of hydrogen-bond acceptors (Lipinski definition) is 4. The fourth-order valence-corrected chi connectivity index (χ4v) is 1.10. The number of hydrogen-bond donors (Lipinski definition) is 0. The lowest BCUT2D eigenvalue weighted by Gasteiger charge is -2.08. The van der Waals surface area contributed by atoms with E-state index in [4.69, 9.17) is 14.2 Å². The predicted molar refractivity (Wildman–Crippen MR) is 66.9 cm³/mol. The summed E-state index contributed by atoms with van der Waals surface area (Å²) in [4.78, 5) is 11.2. The van der Waals surface area contributed by atoms with Crippen molar-refractivity contribution in [3.05, 3.63) is 0 Å². The van der Waals surface area contributed by atoms with Crippen LogP contribution in [0.2, 0.25) is 0 Å². The highest BCUT2D eigenvalue weighted by Gasteiger charge is 2.03. The van der Waals surface area contributed by atoms with E-state index in [1.807, 2.05) is 27.7 Å². The normalized spacial score (nSPS) is 11.2. The van der Waals surface area contributed by atoms with Crippen LogP contribution in [0.3, 0.4) is 0 Å². The maximum absolute atomic E-state index is 11.2. The molecule has 0 atom stereocenters. The molecule has 17 heavy (non-hydrogen) atoms. The van der Waals surface area contributed by atoms with Crippen LogP contribution in [-0.2, 0) is 19.0 Å². The highest BCUT2D eigenvalue weighted by molar-refractivity contribution is 5.69. The van der Waals surface area contributed by atoms with E-state index in [-0.39, 0.29) is 12.1 Å². The Kier molecular flexibility index (Phi) is 10.2. The summed E-state index contributed by atoms with van der Waals surface area (Å²) < 4.78 is 15.7. The summed E-state index contributed by atoms with van der Waals surface area (Å²) in [5.41, 5.74) is 0. The summed E-state index contributed by atoms with van der Waals surface area (Å²) in [6.45, 7) is 10.3. The molecule has 0 saturated carbocycles. The lowest BCUT2D eigenvalue weighted by Crippen LogP contribution is -2.12. The highest BCUT2D eigenvalue weighted by Crippen LogP contribution is 1.98. The molecular weight excluding hydrogens is 220 g/mol. The molecule has 4 nitrogen and oxygen atoms in total. The molecule has 0 bridgehead atoms. The molecule has 0 aromatic carbocycles. The Hall–Kier alpha value is -0.610. The largest absolute Gasteiger partial charge is 0.465 e. The van der Waals surface area contributed by atoms with Crippen LogP contribution in [0.25, 0.3) is 0 Å². The average Bonchev–Trinajstić information content (AvgIpc) is 2.24. The topological polar surface area (TPSA) is 44.8 Å². The molecule has 0 fully saturated rings. The van der Waals surface area contributed by atoms with Gasteiger partial charge in [0.25, 0.3) is 0 Å². The Labute approximate surface area is 105 Å².